The summed E-state index contributed by atoms with van der Waals surface area (Å²) < 4.78 is 10.3. The first kappa shape index (κ1) is 16.1. The standard InChI is InChI=1S/C16H15N5O5/c22-12(4-3-11-19-15(20-26-11)10-2-1-7-25-10)21-6-5-9-13(18-8-17-9)14(21)16(23)24/h1-2,7-8,14H,3-6H2,(H,17,18)(H,23,24). The van der Waals surface area contributed by atoms with Crippen LogP contribution in [0.15, 0.2) is 33.7 Å². The fourth-order valence-corrected chi connectivity index (χ4v) is 3.02. The molecule has 0 radical (unpaired) electrons. The summed E-state index contributed by atoms with van der Waals surface area (Å²) in [4.78, 5) is 36.7. The average Bonchev–Trinajstić information content (AvgIpc) is 3.39. The number of imidazole rings is 1. The molecule has 1 atom stereocenters. The van der Waals surface area contributed by atoms with Crippen LogP contribution in [0.25, 0.3) is 11.6 Å². The molecule has 1 amide bonds. The van der Waals surface area contributed by atoms with Crippen LogP contribution in [-0.2, 0) is 22.4 Å². The summed E-state index contributed by atoms with van der Waals surface area (Å²) >= 11 is 0. The van der Waals surface area contributed by atoms with E-state index in [0.717, 1.165) is 5.69 Å². The summed E-state index contributed by atoms with van der Waals surface area (Å²) in [6, 6.07) is 2.33. The molecule has 26 heavy (non-hydrogen) atoms. The number of H-pyrrole nitrogens is 1. The lowest BCUT2D eigenvalue weighted by Gasteiger charge is -2.32. The molecule has 0 aliphatic carbocycles. The van der Waals surface area contributed by atoms with E-state index in [1.54, 1.807) is 12.1 Å². The third-order valence-corrected chi connectivity index (χ3v) is 4.24. The van der Waals surface area contributed by atoms with Crippen LogP contribution in [0.5, 0.6) is 0 Å². The van der Waals surface area contributed by atoms with Crippen molar-refractivity contribution in [1.82, 2.24) is 25.0 Å². The number of carboxylic acids is 1. The molecule has 10 nitrogen and oxygen atoms in total. The predicted octanol–water partition coefficient (Wildman–Crippen LogP) is 1.20. The maximum atomic E-state index is 12.6. The van der Waals surface area contributed by atoms with Crippen molar-refractivity contribution in [3.05, 3.63) is 42.0 Å². The summed E-state index contributed by atoms with van der Waals surface area (Å²) in [6.45, 7) is 0.312. The van der Waals surface area contributed by atoms with Crippen molar-refractivity contribution in [1.29, 1.82) is 0 Å². The number of aryl methyl sites for hydroxylation is 1. The molecule has 1 aliphatic rings. The van der Waals surface area contributed by atoms with Gasteiger partial charge < -0.3 is 23.9 Å². The molecule has 3 aromatic heterocycles. The van der Waals surface area contributed by atoms with E-state index in [1.165, 1.54) is 17.5 Å². The number of carboxylic acid groups (broad SMARTS) is 1. The van der Waals surface area contributed by atoms with E-state index in [-0.39, 0.29) is 24.6 Å². The fourth-order valence-electron chi connectivity index (χ4n) is 3.02. The van der Waals surface area contributed by atoms with Gasteiger partial charge in [0, 0.05) is 31.5 Å². The monoisotopic (exact) mass is 357 g/mol. The van der Waals surface area contributed by atoms with Crippen LogP contribution >= 0.6 is 0 Å². The lowest BCUT2D eigenvalue weighted by atomic mass is 10.0. The van der Waals surface area contributed by atoms with Gasteiger partial charge in [0.15, 0.2) is 11.8 Å². The highest BCUT2D eigenvalue weighted by atomic mass is 16.5. The summed E-state index contributed by atoms with van der Waals surface area (Å²) in [5, 5.41) is 13.3. The predicted molar refractivity (Wildman–Crippen MR) is 84.7 cm³/mol. The van der Waals surface area contributed by atoms with Gasteiger partial charge in [-0.25, -0.2) is 9.78 Å². The van der Waals surface area contributed by atoms with Crippen LogP contribution in [0.1, 0.15) is 29.7 Å². The summed E-state index contributed by atoms with van der Waals surface area (Å²) in [7, 11) is 0. The van der Waals surface area contributed by atoms with Crippen LogP contribution < -0.4 is 0 Å². The van der Waals surface area contributed by atoms with Gasteiger partial charge in [-0.3, -0.25) is 4.79 Å². The van der Waals surface area contributed by atoms with Gasteiger partial charge in [-0.2, -0.15) is 4.98 Å². The summed E-state index contributed by atoms with van der Waals surface area (Å²) in [6.07, 6.45) is 3.75. The molecule has 4 heterocycles. The highest BCUT2D eigenvalue weighted by Gasteiger charge is 2.37. The van der Waals surface area contributed by atoms with Crippen molar-refractivity contribution in [3.63, 3.8) is 0 Å². The molecule has 0 aromatic carbocycles. The third kappa shape index (κ3) is 2.85. The zero-order valence-corrected chi connectivity index (χ0v) is 13.6. The Bertz CT molecular complexity index is 929. The summed E-state index contributed by atoms with van der Waals surface area (Å²) in [5.74, 6) is -0.346. The molecule has 0 spiro atoms. The zero-order valence-electron chi connectivity index (χ0n) is 13.6. The average molecular weight is 357 g/mol. The van der Waals surface area contributed by atoms with E-state index < -0.39 is 12.0 Å². The highest BCUT2D eigenvalue weighted by molar-refractivity contribution is 5.85. The maximum Gasteiger partial charge on any atom is 0.332 e. The van der Waals surface area contributed by atoms with Crippen molar-refractivity contribution < 1.29 is 23.6 Å². The molecular formula is C16H15N5O5. The molecule has 4 rings (SSSR count). The lowest BCUT2D eigenvalue weighted by molar-refractivity contribution is -0.151. The van der Waals surface area contributed by atoms with Crippen LogP contribution in [-0.4, -0.2) is 48.5 Å². The van der Waals surface area contributed by atoms with Crippen molar-refractivity contribution in [2.75, 3.05) is 6.54 Å². The number of hydrogen-bond donors (Lipinski definition) is 2. The van der Waals surface area contributed by atoms with Gasteiger partial charge in [0.25, 0.3) is 0 Å². The number of aromatic amines is 1. The topological polar surface area (TPSA) is 138 Å². The molecule has 3 aromatic rings. The van der Waals surface area contributed by atoms with Crippen molar-refractivity contribution >= 4 is 11.9 Å². The second kappa shape index (κ2) is 6.47. The smallest absolute Gasteiger partial charge is 0.332 e. The zero-order chi connectivity index (χ0) is 18.1. The van der Waals surface area contributed by atoms with Gasteiger partial charge >= 0.3 is 5.97 Å². The Morgan fingerprint density at radius 1 is 1.42 bits per heavy atom. The number of aliphatic carboxylic acids is 1. The number of carbonyl (C=O) groups excluding carboxylic acids is 1. The van der Waals surface area contributed by atoms with Crippen molar-refractivity contribution in [2.45, 2.75) is 25.3 Å². The van der Waals surface area contributed by atoms with E-state index in [4.69, 9.17) is 8.94 Å². The second-order valence-corrected chi connectivity index (χ2v) is 5.83. The first-order valence-corrected chi connectivity index (χ1v) is 8.04. The second-order valence-electron chi connectivity index (χ2n) is 5.83. The number of nitrogens with one attached hydrogen (secondary N) is 1. The minimum absolute atomic E-state index is 0.0589. The quantitative estimate of drug-likeness (QED) is 0.694. The molecule has 0 saturated heterocycles. The Kier molecular flexibility index (Phi) is 3.99. The number of aromatic nitrogens is 4. The number of hydrogen-bond acceptors (Lipinski definition) is 7. The lowest BCUT2D eigenvalue weighted by Crippen LogP contribution is -2.43. The number of rotatable bonds is 5. The molecule has 134 valence electrons. The van der Waals surface area contributed by atoms with Crippen molar-refractivity contribution in [3.8, 4) is 11.6 Å². The number of nitrogens with zero attached hydrogens (tertiary/aromatic N) is 4. The first-order valence-electron chi connectivity index (χ1n) is 8.04. The van der Waals surface area contributed by atoms with Gasteiger partial charge in [-0.05, 0) is 12.1 Å². The maximum absolute atomic E-state index is 12.6. The van der Waals surface area contributed by atoms with Gasteiger partial charge in [0.05, 0.1) is 18.3 Å². The van der Waals surface area contributed by atoms with Crippen LogP contribution in [0.3, 0.4) is 0 Å². The molecule has 0 fully saturated rings. The SMILES string of the molecule is O=C(O)C1c2nc[nH]c2CCN1C(=O)CCc1nc(-c2ccco2)no1. The first-order chi connectivity index (χ1) is 12.6. The number of amides is 1. The van der Waals surface area contributed by atoms with Crippen LogP contribution in [0.2, 0.25) is 0 Å². The molecular weight excluding hydrogens is 342 g/mol. The Balaban J connectivity index is 1.44. The minimum Gasteiger partial charge on any atom is -0.479 e. The third-order valence-electron chi connectivity index (χ3n) is 4.24. The molecule has 1 unspecified atom stereocenters. The molecule has 0 saturated carbocycles. The highest BCUT2D eigenvalue weighted by Crippen LogP contribution is 2.28. The van der Waals surface area contributed by atoms with Gasteiger partial charge in [-0.1, -0.05) is 5.16 Å². The van der Waals surface area contributed by atoms with Gasteiger partial charge in [-0.15, -0.1) is 0 Å². The van der Waals surface area contributed by atoms with E-state index in [2.05, 4.69) is 20.1 Å². The van der Waals surface area contributed by atoms with E-state index in [1.807, 2.05) is 0 Å². The minimum atomic E-state index is -1.11. The Morgan fingerprint density at radius 3 is 3.08 bits per heavy atom. The largest absolute Gasteiger partial charge is 0.479 e. The normalized spacial score (nSPS) is 16.5. The molecule has 1 aliphatic heterocycles. The Morgan fingerprint density at radius 2 is 2.31 bits per heavy atom. The summed E-state index contributed by atoms with van der Waals surface area (Å²) in [5.41, 5.74) is 1.14. The van der Waals surface area contributed by atoms with E-state index in [0.29, 0.717) is 30.2 Å². The van der Waals surface area contributed by atoms with Gasteiger partial charge in [0.1, 0.15) is 0 Å². The Labute approximate surface area is 146 Å². The molecule has 0 bridgehead atoms. The van der Waals surface area contributed by atoms with E-state index in [9.17, 15) is 14.7 Å². The fraction of sp³-hybridized carbons (Fsp3) is 0.312. The van der Waals surface area contributed by atoms with Gasteiger partial charge in [0.2, 0.25) is 17.6 Å². The number of furan rings is 1. The van der Waals surface area contributed by atoms with E-state index >= 15 is 0 Å². The number of fused-ring (bicyclic) bond motifs is 1. The van der Waals surface area contributed by atoms with Crippen LogP contribution in [0, 0.1) is 0 Å². The molecule has 10 heteroatoms. The van der Waals surface area contributed by atoms with Crippen LogP contribution in [0.4, 0.5) is 0 Å². The number of carbonyl (C=O) groups is 2. The Hall–Kier alpha value is -3.43. The van der Waals surface area contributed by atoms with Crippen molar-refractivity contribution in [2.24, 2.45) is 0 Å². The molecule has 2 N–H and O–H groups in total.